The van der Waals surface area contributed by atoms with Crippen molar-refractivity contribution in [2.45, 2.75) is 45.8 Å². The van der Waals surface area contributed by atoms with Crippen LogP contribution in [0.1, 0.15) is 41.6 Å². The second-order valence-electron chi connectivity index (χ2n) is 10.4. The first-order valence-electron chi connectivity index (χ1n) is 12.6. The summed E-state index contributed by atoms with van der Waals surface area (Å²) in [5, 5.41) is 18.8. The number of likely N-dealkylation sites (N-methyl/N-ethyl adjacent to an activating group) is 1. The van der Waals surface area contributed by atoms with Crippen molar-refractivity contribution in [3.8, 4) is 6.19 Å². The standard InChI is InChI=1S/C29H30ClF2N5O3S/c1-29(2,3)25(35-26(38)23-9-6-14-41-23)27(39)34-22(15-18-10-12-20(31)13-11-18)28(40)36(4)37(17-33)16-19-7-5-8-21(30)24(19)32/h5-14,22,25H,15-16H2,1-4H3,(H,34,39)(H,35,38)/t22-,25+/m0/s1. The van der Waals surface area contributed by atoms with E-state index in [4.69, 9.17) is 11.6 Å². The number of nitrogens with one attached hydrogen (secondary N) is 2. The maximum Gasteiger partial charge on any atom is 0.264 e. The summed E-state index contributed by atoms with van der Waals surface area (Å²) in [6.45, 7) is 5.01. The van der Waals surface area contributed by atoms with E-state index in [1.54, 1.807) is 38.3 Å². The molecule has 0 unspecified atom stereocenters. The normalized spacial score (nSPS) is 12.5. The molecule has 1 heterocycles. The third kappa shape index (κ3) is 8.25. The topological polar surface area (TPSA) is 106 Å². The molecular formula is C29H30ClF2N5O3S. The molecule has 2 atom stereocenters. The summed E-state index contributed by atoms with van der Waals surface area (Å²) >= 11 is 7.09. The predicted molar refractivity (Wildman–Crippen MR) is 152 cm³/mol. The number of thiophene rings is 1. The van der Waals surface area contributed by atoms with Crippen molar-refractivity contribution >= 4 is 40.7 Å². The van der Waals surface area contributed by atoms with Crippen molar-refractivity contribution < 1.29 is 23.2 Å². The van der Waals surface area contributed by atoms with E-state index in [1.807, 2.05) is 6.19 Å². The summed E-state index contributed by atoms with van der Waals surface area (Å²) < 4.78 is 28.1. The summed E-state index contributed by atoms with van der Waals surface area (Å²) in [6, 6.07) is 10.8. The van der Waals surface area contributed by atoms with Gasteiger partial charge in [-0.3, -0.25) is 14.4 Å². The van der Waals surface area contributed by atoms with Gasteiger partial charge in [-0.25, -0.2) is 18.8 Å². The first-order chi connectivity index (χ1) is 19.3. The maximum absolute atomic E-state index is 14.5. The number of hydrogen-bond acceptors (Lipinski definition) is 6. The lowest BCUT2D eigenvalue weighted by Crippen LogP contribution is -2.59. The molecule has 3 amide bonds. The lowest BCUT2D eigenvalue weighted by atomic mass is 9.85. The Morgan fingerprint density at radius 3 is 2.32 bits per heavy atom. The fourth-order valence-electron chi connectivity index (χ4n) is 3.98. The molecule has 0 aliphatic carbocycles. The highest BCUT2D eigenvalue weighted by molar-refractivity contribution is 7.12. The molecule has 1 aromatic heterocycles. The van der Waals surface area contributed by atoms with Gasteiger partial charge in [0.05, 0.1) is 16.4 Å². The van der Waals surface area contributed by atoms with Gasteiger partial charge in [0.1, 0.15) is 23.7 Å². The molecule has 3 aromatic rings. The summed E-state index contributed by atoms with van der Waals surface area (Å²) in [6.07, 6.45) is 1.81. The highest BCUT2D eigenvalue weighted by Gasteiger charge is 2.36. The largest absolute Gasteiger partial charge is 0.342 e. The number of hydrogen-bond donors (Lipinski definition) is 2. The van der Waals surface area contributed by atoms with Crippen molar-refractivity contribution in [3.63, 3.8) is 0 Å². The predicted octanol–water partition coefficient (Wildman–Crippen LogP) is 4.91. The molecule has 2 aromatic carbocycles. The second kappa shape index (κ2) is 13.6. The van der Waals surface area contributed by atoms with Crippen molar-refractivity contribution in [2.24, 2.45) is 5.41 Å². The Hall–Kier alpha value is -4.01. The van der Waals surface area contributed by atoms with Crippen molar-refractivity contribution in [3.05, 3.63) is 92.6 Å². The zero-order chi connectivity index (χ0) is 30.3. The van der Waals surface area contributed by atoms with E-state index in [1.165, 1.54) is 60.8 Å². The zero-order valence-electron chi connectivity index (χ0n) is 23.0. The van der Waals surface area contributed by atoms with Crippen LogP contribution in [-0.4, -0.2) is 46.9 Å². The first-order valence-corrected chi connectivity index (χ1v) is 13.8. The summed E-state index contributed by atoms with van der Waals surface area (Å²) in [4.78, 5) is 40.5. The summed E-state index contributed by atoms with van der Waals surface area (Å²) in [7, 11) is 1.32. The molecule has 3 rings (SSSR count). The minimum atomic E-state index is -1.22. The fourth-order valence-corrected chi connectivity index (χ4v) is 4.80. The average molecular weight is 602 g/mol. The van der Waals surface area contributed by atoms with Gasteiger partial charge in [0.2, 0.25) is 5.91 Å². The molecule has 0 spiro atoms. The van der Waals surface area contributed by atoms with Crippen LogP contribution >= 0.6 is 22.9 Å². The van der Waals surface area contributed by atoms with Gasteiger partial charge >= 0.3 is 0 Å². The monoisotopic (exact) mass is 601 g/mol. The molecule has 0 aliphatic rings. The van der Waals surface area contributed by atoms with E-state index in [9.17, 15) is 28.4 Å². The number of carbonyl (C=O) groups is 3. The molecule has 0 saturated carbocycles. The van der Waals surface area contributed by atoms with Gasteiger partial charge in [-0.1, -0.05) is 62.7 Å². The Kier molecular flexibility index (Phi) is 10.4. The van der Waals surface area contributed by atoms with Crippen molar-refractivity contribution in [2.75, 3.05) is 7.05 Å². The maximum atomic E-state index is 14.5. The van der Waals surface area contributed by atoms with E-state index in [0.717, 1.165) is 10.0 Å². The van der Waals surface area contributed by atoms with Gasteiger partial charge in [0.25, 0.3) is 11.8 Å². The quantitative estimate of drug-likeness (QED) is 0.195. The van der Waals surface area contributed by atoms with Crippen LogP contribution in [0.2, 0.25) is 5.02 Å². The molecular weight excluding hydrogens is 572 g/mol. The highest BCUT2D eigenvalue weighted by atomic mass is 35.5. The van der Waals surface area contributed by atoms with E-state index < -0.39 is 46.9 Å². The van der Waals surface area contributed by atoms with Crippen LogP contribution in [0, 0.1) is 28.5 Å². The second-order valence-corrected chi connectivity index (χ2v) is 11.7. The highest BCUT2D eigenvalue weighted by Crippen LogP contribution is 2.22. The Bertz CT molecular complexity index is 1420. The Labute approximate surface area is 246 Å². The molecule has 8 nitrogen and oxygen atoms in total. The molecule has 12 heteroatoms. The van der Waals surface area contributed by atoms with Crippen molar-refractivity contribution in [1.82, 2.24) is 20.7 Å². The Morgan fingerprint density at radius 1 is 1.05 bits per heavy atom. The molecule has 216 valence electrons. The van der Waals surface area contributed by atoms with Gasteiger partial charge in [0.15, 0.2) is 6.19 Å². The molecule has 0 radical (unpaired) electrons. The third-order valence-electron chi connectivity index (χ3n) is 6.26. The number of carbonyl (C=O) groups excluding carboxylic acids is 3. The number of nitriles is 1. The van der Waals surface area contributed by atoms with Gasteiger partial charge in [-0.2, -0.15) is 5.26 Å². The number of nitrogens with zero attached hydrogens (tertiary/aromatic N) is 3. The van der Waals surface area contributed by atoms with Crippen LogP contribution in [0.15, 0.2) is 60.0 Å². The fraction of sp³-hybridized carbons (Fsp3) is 0.310. The van der Waals surface area contributed by atoms with Gasteiger partial charge in [0, 0.05) is 19.0 Å². The number of amides is 3. The van der Waals surface area contributed by atoms with Crippen LogP contribution in [-0.2, 0) is 22.6 Å². The zero-order valence-corrected chi connectivity index (χ0v) is 24.5. The van der Waals surface area contributed by atoms with Crippen LogP contribution in [0.3, 0.4) is 0 Å². The first kappa shape index (κ1) is 31.5. The minimum absolute atomic E-state index is 0.0459. The third-order valence-corrected chi connectivity index (χ3v) is 7.43. The molecule has 0 fully saturated rings. The molecule has 2 N–H and O–H groups in total. The number of rotatable bonds is 10. The van der Waals surface area contributed by atoms with Crippen molar-refractivity contribution in [1.29, 1.82) is 5.26 Å². The van der Waals surface area contributed by atoms with E-state index >= 15 is 0 Å². The number of halogens is 3. The van der Waals surface area contributed by atoms with Gasteiger partial charge in [-0.05, 0) is 40.6 Å². The average Bonchev–Trinajstić information content (AvgIpc) is 3.47. The Balaban J connectivity index is 1.88. The van der Waals surface area contributed by atoms with Crippen LogP contribution in [0.5, 0.6) is 0 Å². The molecule has 0 bridgehead atoms. The van der Waals surface area contributed by atoms with Gasteiger partial charge in [-0.15, -0.1) is 11.3 Å². The summed E-state index contributed by atoms with van der Waals surface area (Å²) in [5.74, 6) is -2.95. The summed E-state index contributed by atoms with van der Waals surface area (Å²) in [5.41, 5.74) is -0.116. The number of benzene rings is 2. The van der Waals surface area contributed by atoms with E-state index in [2.05, 4.69) is 10.6 Å². The molecule has 0 aliphatic heterocycles. The minimum Gasteiger partial charge on any atom is -0.342 e. The van der Waals surface area contributed by atoms with Crippen LogP contribution < -0.4 is 10.6 Å². The number of hydrazine groups is 1. The molecule has 41 heavy (non-hydrogen) atoms. The Morgan fingerprint density at radius 2 is 1.73 bits per heavy atom. The van der Waals surface area contributed by atoms with Crippen LogP contribution in [0.4, 0.5) is 8.78 Å². The van der Waals surface area contributed by atoms with Gasteiger partial charge < -0.3 is 10.6 Å². The smallest absolute Gasteiger partial charge is 0.264 e. The van der Waals surface area contributed by atoms with E-state index in [0.29, 0.717) is 10.4 Å². The lowest BCUT2D eigenvalue weighted by Gasteiger charge is -2.34. The van der Waals surface area contributed by atoms with E-state index in [-0.39, 0.29) is 23.6 Å². The van der Waals surface area contributed by atoms with Crippen LogP contribution in [0.25, 0.3) is 0 Å². The lowest BCUT2D eigenvalue weighted by molar-refractivity contribution is -0.146. The SMILES string of the molecule is CN(C(=O)[C@H](Cc1ccc(F)cc1)NC(=O)[C@@H](NC(=O)c1cccs1)C(C)(C)C)N(C#N)Cc1cccc(Cl)c1F. The molecule has 0 saturated heterocycles.